The maximum Gasteiger partial charge on any atom is 0.191 e. The number of hydrogen-bond donors (Lipinski definition) is 2. The van der Waals surface area contributed by atoms with Gasteiger partial charge in [0.15, 0.2) is 5.96 Å². The van der Waals surface area contributed by atoms with E-state index in [4.69, 9.17) is 4.99 Å². The van der Waals surface area contributed by atoms with Crippen molar-refractivity contribution in [1.29, 1.82) is 0 Å². The second-order valence-electron chi connectivity index (χ2n) is 8.38. The molecular weight excluding hydrogens is 348 g/mol. The molecule has 2 heterocycles. The van der Waals surface area contributed by atoms with Crippen molar-refractivity contribution in [2.24, 2.45) is 4.99 Å². The summed E-state index contributed by atoms with van der Waals surface area (Å²) in [7, 11) is 4.42. The lowest BCUT2D eigenvalue weighted by atomic mass is 10.0. The maximum absolute atomic E-state index is 4.93. The van der Waals surface area contributed by atoms with Gasteiger partial charge in [0, 0.05) is 57.0 Å². The molecule has 2 saturated heterocycles. The Hall–Kier alpha value is -1.79. The molecule has 0 spiro atoms. The van der Waals surface area contributed by atoms with Crippen LogP contribution in [0.3, 0.4) is 0 Å². The number of rotatable bonds is 5. The molecule has 2 aliphatic rings. The van der Waals surface area contributed by atoms with Crippen LogP contribution in [-0.4, -0.2) is 87.8 Å². The molecule has 156 valence electrons. The van der Waals surface area contributed by atoms with Crippen LogP contribution < -0.4 is 15.5 Å². The topological polar surface area (TPSA) is 46.1 Å². The first kappa shape index (κ1) is 20.9. The van der Waals surface area contributed by atoms with E-state index in [0.29, 0.717) is 12.1 Å². The van der Waals surface area contributed by atoms with Gasteiger partial charge in [0.25, 0.3) is 0 Å². The molecule has 2 atom stereocenters. The fourth-order valence-corrected chi connectivity index (χ4v) is 4.09. The van der Waals surface area contributed by atoms with Crippen LogP contribution in [0.2, 0.25) is 0 Å². The van der Waals surface area contributed by atoms with Crippen LogP contribution in [0.15, 0.2) is 29.3 Å². The zero-order valence-corrected chi connectivity index (χ0v) is 18.1. The SMILES string of the molecule is CCNC(=NCC1CN(C)CCN1C)NC1CCCN(c2ccc(C)cc2)C1. The van der Waals surface area contributed by atoms with E-state index in [-0.39, 0.29) is 0 Å². The molecule has 3 rings (SSSR count). The first-order valence-corrected chi connectivity index (χ1v) is 10.8. The summed E-state index contributed by atoms with van der Waals surface area (Å²) < 4.78 is 0. The number of aryl methyl sites for hydroxylation is 1. The molecule has 1 aromatic carbocycles. The van der Waals surface area contributed by atoms with Gasteiger partial charge in [-0.1, -0.05) is 17.7 Å². The van der Waals surface area contributed by atoms with Crippen molar-refractivity contribution < 1.29 is 0 Å². The number of guanidine groups is 1. The van der Waals surface area contributed by atoms with Crippen molar-refractivity contribution in [2.75, 3.05) is 64.8 Å². The quantitative estimate of drug-likeness (QED) is 0.597. The summed E-state index contributed by atoms with van der Waals surface area (Å²) in [5.74, 6) is 0.958. The van der Waals surface area contributed by atoms with E-state index in [0.717, 1.165) is 51.8 Å². The molecule has 2 unspecified atom stereocenters. The van der Waals surface area contributed by atoms with E-state index < -0.39 is 0 Å². The summed E-state index contributed by atoms with van der Waals surface area (Å²) >= 11 is 0. The molecule has 0 aliphatic carbocycles. The zero-order chi connectivity index (χ0) is 19.9. The molecule has 2 N–H and O–H groups in total. The van der Waals surface area contributed by atoms with Gasteiger partial charge in [0.05, 0.1) is 6.54 Å². The van der Waals surface area contributed by atoms with Gasteiger partial charge in [-0.2, -0.15) is 0 Å². The molecule has 2 aliphatic heterocycles. The Morgan fingerprint density at radius 2 is 1.89 bits per heavy atom. The number of nitrogens with one attached hydrogen (secondary N) is 2. The zero-order valence-electron chi connectivity index (χ0n) is 18.1. The van der Waals surface area contributed by atoms with E-state index in [2.05, 4.69) is 77.5 Å². The highest BCUT2D eigenvalue weighted by molar-refractivity contribution is 5.80. The van der Waals surface area contributed by atoms with E-state index in [9.17, 15) is 0 Å². The van der Waals surface area contributed by atoms with Gasteiger partial charge in [-0.05, 0) is 52.9 Å². The lowest BCUT2D eigenvalue weighted by Gasteiger charge is -2.37. The van der Waals surface area contributed by atoms with Crippen molar-refractivity contribution in [3.05, 3.63) is 29.8 Å². The van der Waals surface area contributed by atoms with E-state index in [1.807, 2.05) is 0 Å². The van der Waals surface area contributed by atoms with E-state index in [1.165, 1.54) is 24.1 Å². The van der Waals surface area contributed by atoms with Crippen molar-refractivity contribution in [1.82, 2.24) is 20.4 Å². The second kappa shape index (κ2) is 10.1. The number of piperazine rings is 1. The molecule has 6 nitrogen and oxygen atoms in total. The lowest BCUT2D eigenvalue weighted by Crippen LogP contribution is -2.53. The molecule has 28 heavy (non-hydrogen) atoms. The van der Waals surface area contributed by atoms with Crippen LogP contribution in [0.25, 0.3) is 0 Å². The summed E-state index contributed by atoms with van der Waals surface area (Å²) in [5.41, 5.74) is 2.64. The molecule has 0 bridgehead atoms. The molecule has 0 amide bonds. The molecule has 0 radical (unpaired) electrons. The number of likely N-dealkylation sites (N-methyl/N-ethyl adjacent to an activating group) is 2. The number of benzene rings is 1. The number of nitrogens with zero attached hydrogens (tertiary/aromatic N) is 4. The Balaban J connectivity index is 1.58. The standard InChI is InChI=1S/C22H38N6/c1-5-23-22(24-15-21-17-26(3)13-14-27(21)4)25-19-7-6-12-28(16-19)20-10-8-18(2)9-11-20/h8-11,19,21H,5-7,12-17H2,1-4H3,(H2,23,24,25). The highest BCUT2D eigenvalue weighted by atomic mass is 15.3. The van der Waals surface area contributed by atoms with Crippen molar-refractivity contribution in [3.8, 4) is 0 Å². The molecule has 1 aromatic rings. The Kier molecular flexibility index (Phi) is 7.57. The van der Waals surface area contributed by atoms with Gasteiger partial charge in [0.2, 0.25) is 0 Å². The fraction of sp³-hybridized carbons (Fsp3) is 0.682. The monoisotopic (exact) mass is 386 g/mol. The Labute approximate surface area is 171 Å². The van der Waals surface area contributed by atoms with Crippen LogP contribution in [-0.2, 0) is 0 Å². The highest BCUT2D eigenvalue weighted by Gasteiger charge is 2.23. The fourth-order valence-electron chi connectivity index (χ4n) is 4.09. The third-order valence-electron chi connectivity index (χ3n) is 5.95. The number of aliphatic imine (C=N–C) groups is 1. The smallest absolute Gasteiger partial charge is 0.191 e. The number of hydrogen-bond acceptors (Lipinski definition) is 4. The second-order valence-corrected chi connectivity index (χ2v) is 8.38. The average molecular weight is 387 g/mol. The first-order chi connectivity index (χ1) is 13.5. The third kappa shape index (κ3) is 5.85. The van der Waals surface area contributed by atoms with E-state index >= 15 is 0 Å². The van der Waals surface area contributed by atoms with Crippen LogP contribution in [0.1, 0.15) is 25.3 Å². The largest absolute Gasteiger partial charge is 0.369 e. The van der Waals surface area contributed by atoms with Crippen LogP contribution >= 0.6 is 0 Å². The minimum Gasteiger partial charge on any atom is -0.369 e. The minimum absolute atomic E-state index is 0.430. The Morgan fingerprint density at radius 1 is 1.11 bits per heavy atom. The molecule has 0 saturated carbocycles. The predicted octanol–water partition coefficient (Wildman–Crippen LogP) is 1.76. The van der Waals surface area contributed by atoms with Gasteiger partial charge in [-0.25, -0.2) is 0 Å². The predicted molar refractivity (Wildman–Crippen MR) is 119 cm³/mol. The lowest BCUT2D eigenvalue weighted by molar-refractivity contribution is 0.119. The third-order valence-corrected chi connectivity index (χ3v) is 5.95. The van der Waals surface area contributed by atoms with Gasteiger partial charge >= 0.3 is 0 Å². The average Bonchev–Trinajstić information content (AvgIpc) is 2.69. The van der Waals surface area contributed by atoms with Crippen LogP contribution in [0.5, 0.6) is 0 Å². The highest BCUT2D eigenvalue weighted by Crippen LogP contribution is 2.20. The Bertz CT molecular complexity index is 628. The van der Waals surface area contributed by atoms with E-state index in [1.54, 1.807) is 0 Å². The number of anilines is 1. The molecule has 6 heteroatoms. The van der Waals surface area contributed by atoms with Gasteiger partial charge in [0.1, 0.15) is 0 Å². The minimum atomic E-state index is 0.430. The summed E-state index contributed by atoms with van der Waals surface area (Å²) in [4.78, 5) is 12.3. The summed E-state index contributed by atoms with van der Waals surface area (Å²) in [6.45, 7) is 11.5. The molecule has 0 aromatic heterocycles. The Morgan fingerprint density at radius 3 is 2.64 bits per heavy atom. The van der Waals surface area contributed by atoms with Crippen molar-refractivity contribution in [2.45, 2.75) is 38.8 Å². The normalized spacial score (nSPS) is 25.0. The van der Waals surface area contributed by atoms with Gasteiger partial charge in [-0.3, -0.25) is 9.89 Å². The van der Waals surface area contributed by atoms with Gasteiger partial charge < -0.3 is 20.4 Å². The summed E-state index contributed by atoms with van der Waals surface area (Å²) in [6, 6.07) is 9.81. The first-order valence-electron chi connectivity index (χ1n) is 10.8. The number of piperidine rings is 1. The van der Waals surface area contributed by atoms with Crippen molar-refractivity contribution in [3.63, 3.8) is 0 Å². The van der Waals surface area contributed by atoms with Gasteiger partial charge in [-0.15, -0.1) is 0 Å². The molecular formula is C22H38N6. The molecule has 2 fully saturated rings. The summed E-state index contributed by atoms with van der Waals surface area (Å²) in [6.07, 6.45) is 2.40. The maximum atomic E-state index is 4.93. The summed E-state index contributed by atoms with van der Waals surface area (Å²) in [5, 5.41) is 7.14. The van der Waals surface area contributed by atoms with Crippen LogP contribution in [0.4, 0.5) is 5.69 Å². The van der Waals surface area contributed by atoms with Crippen molar-refractivity contribution >= 4 is 11.6 Å². The van der Waals surface area contributed by atoms with Crippen LogP contribution in [0, 0.1) is 6.92 Å².